The topological polar surface area (TPSA) is 139 Å². The van der Waals surface area contributed by atoms with Crippen molar-refractivity contribution in [2.75, 3.05) is 12.3 Å². The van der Waals surface area contributed by atoms with Gasteiger partial charge in [0.25, 0.3) is 11.8 Å². The minimum Gasteiger partial charge on any atom is -0.393 e. The summed E-state index contributed by atoms with van der Waals surface area (Å²) in [5, 5.41) is 38.8. The third kappa shape index (κ3) is 4.96. The van der Waals surface area contributed by atoms with Gasteiger partial charge in [0.2, 0.25) is 5.91 Å². The summed E-state index contributed by atoms with van der Waals surface area (Å²) in [5.41, 5.74) is 1.31. The van der Waals surface area contributed by atoms with Gasteiger partial charge in [-0.2, -0.15) is 0 Å². The van der Waals surface area contributed by atoms with Gasteiger partial charge in [0.1, 0.15) is 17.1 Å². The van der Waals surface area contributed by atoms with Gasteiger partial charge < -0.3 is 26.0 Å². The van der Waals surface area contributed by atoms with Gasteiger partial charge in [-0.05, 0) is 117 Å². The summed E-state index contributed by atoms with van der Waals surface area (Å²) in [6.07, 6.45) is 5.67. The molecule has 4 saturated carbocycles. The normalized spacial score (nSPS) is 45.4. The molecule has 4 unspecified atom stereocenters. The predicted molar refractivity (Wildman–Crippen MR) is 169 cm³/mol. The number of rotatable bonds is 7. The molecule has 10 heteroatoms. The lowest BCUT2D eigenvalue weighted by molar-refractivity contribution is -0.223. The number of aliphatic hydroxyl groups excluding tert-OH is 3. The number of likely N-dealkylation sites (N-methyl/N-ethyl adjacent to an activating group) is 1. The molecule has 246 valence electrons. The summed E-state index contributed by atoms with van der Waals surface area (Å²) in [6, 6.07) is -0.603. The average molecular weight is 632 g/mol. The molecule has 2 aliphatic heterocycles. The van der Waals surface area contributed by atoms with E-state index < -0.39 is 18.2 Å². The van der Waals surface area contributed by atoms with E-state index in [4.69, 9.17) is 0 Å². The molecule has 1 saturated heterocycles. The number of hydrogen-bond donors (Lipinski definition) is 5. The van der Waals surface area contributed by atoms with E-state index in [9.17, 15) is 29.7 Å². The molecule has 9 nitrogen and oxygen atoms in total. The Morgan fingerprint density at radius 1 is 1.02 bits per heavy atom. The molecule has 13 atom stereocenters. The van der Waals surface area contributed by atoms with Crippen LogP contribution in [0.25, 0.3) is 0 Å². The van der Waals surface area contributed by atoms with Crippen LogP contribution in [-0.4, -0.2) is 80.0 Å². The molecule has 2 heterocycles. The van der Waals surface area contributed by atoms with E-state index >= 15 is 0 Å². The standard InChI is InChI=1S/C34H53N3O6S/c1-6-35-30(42)27-18(3)16-44-32-26(31(43)37(27)32)36-24(39)10-7-17(2)20-8-9-21-25-22(12-14-33(20,21)4)34(5)13-11-19(38)15-23(34)28(40)29(25)41/h17,19-23,25-26,28-29,32,38,40-41H,6-16H2,1-5H3,(H,35,42)(H,36,39)/t17-,19-,20-,21+,22+,23+,25+,26?,28?,29?,32?,33-,34-/m1/s1. The van der Waals surface area contributed by atoms with Crippen LogP contribution in [0.3, 0.4) is 0 Å². The number of thioether (sulfide) groups is 1. The number of carbonyl (C=O) groups is 3. The number of β-lactam (4-membered cyclic amide) rings is 1. The van der Waals surface area contributed by atoms with Gasteiger partial charge in [-0.25, -0.2) is 0 Å². The SMILES string of the molecule is CCNC(=O)C1=C(C)CSC2C(NC(=O)CC[C@@H](C)[C@H]3CC[C@H]4[C@@H]5C(O)C(O)[C@@H]6C[C@H](O)CC[C@]6(C)[C@H]5CC[C@]34C)C(=O)N12. The van der Waals surface area contributed by atoms with E-state index in [1.807, 2.05) is 13.8 Å². The molecule has 0 aromatic carbocycles. The van der Waals surface area contributed by atoms with Crippen LogP contribution >= 0.6 is 11.8 Å². The van der Waals surface area contributed by atoms with Crippen LogP contribution in [-0.2, 0) is 14.4 Å². The fourth-order valence-electron chi connectivity index (χ4n) is 11.1. The van der Waals surface area contributed by atoms with Crippen molar-refractivity contribution in [1.29, 1.82) is 0 Å². The molecular weight excluding hydrogens is 578 g/mol. The zero-order valence-corrected chi connectivity index (χ0v) is 27.9. The quantitative estimate of drug-likeness (QED) is 0.272. The third-order valence-corrected chi connectivity index (χ3v) is 14.8. The number of nitrogens with zero attached hydrogens (tertiary/aromatic N) is 1. The van der Waals surface area contributed by atoms with Gasteiger partial charge in [0, 0.05) is 18.7 Å². The van der Waals surface area contributed by atoms with Crippen LogP contribution in [0.5, 0.6) is 0 Å². The van der Waals surface area contributed by atoms with Gasteiger partial charge in [0.05, 0.1) is 18.3 Å². The fourth-order valence-corrected chi connectivity index (χ4v) is 12.4. The van der Waals surface area contributed by atoms with Crippen molar-refractivity contribution in [3.63, 3.8) is 0 Å². The first-order chi connectivity index (χ1) is 20.8. The minimum absolute atomic E-state index is 0.0497. The number of aliphatic hydroxyl groups is 3. The summed E-state index contributed by atoms with van der Waals surface area (Å²) in [4.78, 5) is 40.4. The Kier molecular flexibility index (Phi) is 8.72. The van der Waals surface area contributed by atoms with E-state index in [0.717, 1.165) is 50.5 Å². The second kappa shape index (κ2) is 11.9. The highest BCUT2D eigenvalue weighted by Crippen LogP contribution is 2.68. The summed E-state index contributed by atoms with van der Waals surface area (Å²) in [7, 11) is 0. The highest BCUT2D eigenvalue weighted by atomic mass is 32.2. The molecule has 0 aromatic rings. The number of carbonyl (C=O) groups excluding carboxylic acids is 3. The van der Waals surface area contributed by atoms with Gasteiger partial charge >= 0.3 is 0 Å². The van der Waals surface area contributed by atoms with Crippen LogP contribution in [0.1, 0.15) is 92.4 Å². The van der Waals surface area contributed by atoms with E-state index in [1.54, 1.807) is 16.7 Å². The number of nitrogens with one attached hydrogen (secondary N) is 2. The number of fused-ring (bicyclic) bond motifs is 6. The molecule has 6 aliphatic rings. The van der Waals surface area contributed by atoms with E-state index in [1.165, 1.54) is 0 Å². The molecule has 0 aromatic heterocycles. The molecule has 0 spiro atoms. The van der Waals surface area contributed by atoms with Crippen LogP contribution in [0.15, 0.2) is 11.3 Å². The largest absolute Gasteiger partial charge is 0.393 e. The first-order valence-electron chi connectivity index (χ1n) is 17.1. The van der Waals surface area contributed by atoms with Crippen LogP contribution in [0.2, 0.25) is 0 Å². The molecule has 44 heavy (non-hydrogen) atoms. The number of hydrogen-bond acceptors (Lipinski definition) is 7. The van der Waals surface area contributed by atoms with Crippen molar-refractivity contribution in [3.8, 4) is 0 Å². The van der Waals surface area contributed by atoms with Gasteiger partial charge in [-0.1, -0.05) is 20.8 Å². The van der Waals surface area contributed by atoms with Gasteiger partial charge in [0.15, 0.2) is 0 Å². The van der Waals surface area contributed by atoms with E-state index in [-0.39, 0.29) is 51.9 Å². The maximum Gasteiger partial charge on any atom is 0.268 e. The second-order valence-electron chi connectivity index (χ2n) is 15.5. The molecule has 5 N–H and O–H groups in total. The fraction of sp³-hybridized carbons (Fsp3) is 0.853. The Balaban J connectivity index is 1.07. The lowest BCUT2D eigenvalue weighted by atomic mass is 9.43. The molecule has 5 fully saturated rings. The summed E-state index contributed by atoms with van der Waals surface area (Å²) in [5.74, 6) is 1.56. The Morgan fingerprint density at radius 2 is 1.73 bits per heavy atom. The monoisotopic (exact) mass is 631 g/mol. The zero-order valence-electron chi connectivity index (χ0n) is 27.1. The molecule has 4 aliphatic carbocycles. The highest BCUT2D eigenvalue weighted by Gasteiger charge is 2.65. The second-order valence-corrected chi connectivity index (χ2v) is 16.6. The van der Waals surface area contributed by atoms with Gasteiger partial charge in [-0.3, -0.25) is 19.3 Å². The van der Waals surface area contributed by atoms with Crippen molar-refractivity contribution < 1.29 is 29.7 Å². The maximum atomic E-state index is 13.1. The summed E-state index contributed by atoms with van der Waals surface area (Å²) < 4.78 is 0. The zero-order chi connectivity index (χ0) is 31.7. The van der Waals surface area contributed by atoms with Crippen LogP contribution in [0.4, 0.5) is 0 Å². The lowest BCUT2D eigenvalue weighted by Gasteiger charge is -2.63. The Morgan fingerprint density at radius 3 is 2.45 bits per heavy atom. The first kappa shape index (κ1) is 32.3. The smallest absolute Gasteiger partial charge is 0.268 e. The molecule has 0 bridgehead atoms. The summed E-state index contributed by atoms with van der Waals surface area (Å²) in [6.45, 7) is 11.2. The van der Waals surface area contributed by atoms with Crippen molar-refractivity contribution in [1.82, 2.24) is 15.5 Å². The summed E-state index contributed by atoms with van der Waals surface area (Å²) >= 11 is 1.59. The maximum absolute atomic E-state index is 13.1. The van der Waals surface area contributed by atoms with E-state index in [0.29, 0.717) is 54.5 Å². The van der Waals surface area contributed by atoms with Crippen LogP contribution < -0.4 is 10.6 Å². The predicted octanol–water partition coefficient (Wildman–Crippen LogP) is 3.17. The molecule has 6 rings (SSSR count). The Hall–Kier alpha value is -1.62. The van der Waals surface area contributed by atoms with Crippen molar-refractivity contribution in [3.05, 3.63) is 11.3 Å². The lowest BCUT2D eigenvalue weighted by Crippen LogP contribution is -2.70. The number of amides is 3. The van der Waals surface area contributed by atoms with Crippen LogP contribution in [0, 0.1) is 46.3 Å². The Labute approximate surface area is 266 Å². The molecule has 3 amide bonds. The van der Waals surface area contributed by atoms with Gasteiger partial charge in [-0.15, -0.1) is 11.8 Å². The molecule has 0 radical (unpaired) electrons. The van der Waals surface area contributed by atoms with Crippen molar-refractivity contribution >= 4 is 29.5 Å². The highest BCUT2D eigenvalue weighted by molar-refractivity contribution is 8.00. The molecular formula is C34H53N3O6S. The van der Waals surface area contributed by atoms with Crippen molar-refractivity contribution in [2.24, 2.45) is 46.3 Å². The third-order valence-electron chi connectivity index (χ3n) is 13.3. The van der Waals surface area contributed by atoms with E-state index in [2.05, 4.69) is 31.4 Å². The Bertz CT molecular complexity index is 1210. The average Bonchev–Trinajstić information content (AvgIpc) is 3.35. The minimum atomic E-state index is -0.789. The first-order valence-corrected chi connectivity index (χ1v) is 18.1. The van der Waals surface area contributed by atoms with Crippen molar-refractivity contribution in [2.45, 2.75) is 122 Å².